The van der Waals surface area contributed by atoms with Gasteiger partial charge in [0.2, 0.25) is 17.7 Å². The van der Waals surface area contributed by atoms with E-state index in [1.165, 1.54) is 19.1 Å². The van der Waals surface area contributed by atoms with Crippen molar-refractivity contribution in [2.45, 2.75) is 45.6 Å². The number of halogens is 1. The van der Waals surface area contributed by atoms with E-state index in [1.54, 1.807) is 21.9 Å². The predicted molar refractivity (Wildman–Crippen MR) is 115 cm³/mol. The van der Waals surface area contributed by atoms with Crippen LogP contribution in [0, 0.1) is 12.7 Å². The van der Waals surface area contributed by atoms with Gasteiger partial charge in [0, 0.05) is 43.6 Å². The van der Waals surface area contributed by atoms with Gasteiger partial charge in [0.1, 0.15) is 17.5 Å². The molecule has 9 heteroatoms. The highest BCUT2D eigenvalue weighted by molar-refractivity contribution is 5.95. The van der Waals surface area contributed by atoms with Gasteiger partial charge in [-0.2, -0.15) is 0 Å². The highest BCUT2D eigenvalue weighted by atomic mass is 19.1. The van der Waals surface area contributed by atoms with E-state index < -0.39 is 0 Å². The SMILES string of the molecule is CC(=O)NCC(=O)N1CCC(c2nc(C)c3c(n2)N(Cc2cccc(F)c2)C(=O)CC3)C1. The smallest absolute Gasteiger partial charge is 0.241 e. The third-order valence-corrected chi connectivity index (χ3v) is 5.98. The third-order valence-electron chi connectivity index (χ3n) is 5.98. The second-order valence-corrected chi connectivity index (χ2v) is 8.31. The Morgan fingerprint density at radius 1 is 1.25 bits per heavy atom. The number of aromatic nitrogens is 2. The van der Waals surface area contributed by atoms with E-state index in [1.807, 2.05) is 6.92 Å². The first-order valence-electron chi connectivity index (χ1n) is 10.8. The van der Waals surface area contributed by atoms with Gasteiger partial charge in [-0.25, -0.2) is 14.4 Å². The number of carbonyl (C=O) groups is 3. The maximum Gasteiger partial charge on any atom is 0.241 e. The minimum Gasteiger partial charge on any atom is -0.347 e. The van der Waals surface area contributed by atoms with Gasteiger partial charge < -0.3 is 10.2 Å². The largest absolute Gasteiger partial charge is 0.347 e. The number of nitrogens with zero attached hydrogens (tertiary/aromatic N) is 4. The average Bonchev–Trinajstić information content (AvgIpc) is 3.24. The molecule has 3 heterocycles. The molecular formula is C23H26FN5O3. The van der Waals surface area contributed by atoms with Gasteiger partial charge in [-0.05, 0) is 37.5 Å². The van der Waals surface area contributed by atoms with Gasteiger partial charge in [-0.1, -0.05) is 12.1 Å². The normalized spacial score (nSPS) is 18.0. The Morgan fingerprint density at radius 2 is 2.06 bits per heavy atom. The van der Waals surface area contributed by atoms with Gasteiger partial charge in [0.15, 0.2) is 0 Å². The summed E-state index contributed by atoms with van der Waals surface area (Å²) in [5.74, 6) is 0.358. The number of carbonyl (C=O) groups excluding carboxylic acids is 3. The first-order valence-corrected chi connectivity index (χ1v) is 10.8. The summed E-state index contributed by atoms with van der Waals surface area (Å²) in [6.07, 6.45) is 1.65. The zero-order chi connectivity index (χ0) is 22.8. The fourth-order valence-electron chi connectivity index (χ4n) is 4.28. The van der Waals surface area contributed by atoms with Crippen molar-refractivity contribution in [3.8, 4) is 0 Å². The summed E-state index contributed by atoms with van der Waals surface area (Å²) in [6.45, 7) is 4.53. The maximum atomic E-state index is 13.7. The molecule has 0 aliphatic carbocycles. The molecule has 1 unspecified atom stereocenters. The van der Waals surface area contributed by atoms with Crippen LogP contribution in [0.25, 0.3) is 0 Å². The van der Waals surface area contributed by atoms with Crippen LogP contribution in [0.1, 0.15) is 48.3 Å². The minimum absolute atomic E-state index is 0.0258. The molecule has 0 saturated carbocycles. The first kappa shape index (κ1) is 21.9. The molecule has 2 aromatic rings. The fourth-order valence-corrected chi connectivity index (χ4v) is 4.28. The lowest BCUT2D eigenvalue weighted by molar-refractivity contribution is -0.131. The van der Waals surface area contributed by atoms with E-state index in [0.29, 0.717) is 49.6 Å². The van der Waals surface area contributed by atoms with Crippen LogP contribution in [0.3, 0.4) is 0 Å². The number of anilines is 1. The quantitative estimate of drug-likeness (QED) is 0.767. The van der Waals surface area contributed by atoms with Crippen molar-refractivity contribution in [2.75, 3.05) is 24.5 Å². The lowest BCUT2D eigenvalue weighted by atomic mass is 10.0. The summed E-state index contributed by atoms with van der Waals surface area (Å²) < 4.78 is 13.7. The molecule has 1 saturated heterocycles. The number of hydrogen-bond acceptors (Lipinski definition) is 5. The molecule has 1 aromatic carbocycles. The second kappa shape index (κ2) is 9.02. The van der Waals surface area contributed by atoms with Gasteiger partial charge in [-0.3, -0.25) is 19.3 Å². The zero-order valence-electron chi connectivity index (χ0n) is 18.2. The van der Waals surface area contributed by atoms with Crippen LogP contribution < -0.4 is 10.2 Å². The summed E-state index contributed by atoms with van der Waals surface area (Å²) >= 11 is 0. The molecule has 3 amide bonds. The van der Waals surface area contributed by atoms with Crippen molar-refractivity contribution in [3.05, 3.63) is 52.7 Å². The Morgan fingerprint density at radius 3 is 2.81 bits per heavy atom. The standard InChI is InChI=1S/C23H26FN5O3/c1-14-19-6-7-20(31)29(12-16-4-3-5-18(24)10-16)23(19)27-22(26-14)17-8-9-28(13-17)21(32)11-25-15(2)30/h3-5,10,17H,6-9,11-13H2,1-2H3,(H,25,30). The lowest BCUT2D eigenvalue weighted by Gasteiger charge is -2.30. The molecule has 0 bridgehead atoms. The van der Waals surface area contributed by atoms with E-state index >= 15 is 0 Å². The van der Waals surface area contributed by atoms with Gasteiger partial charge >= 0.3 is 0 Å². The fraction of sp³-hybridized carbons (Fsp3) is 0.435. The highest BCUT2D eigenvalue weighted by Gasteiger charge is 2.33. The topological polar surface area (TPSA) is 95.5 Å². The number of benzene rings is 1. The average molecular weight is 439 g/mol. The lowest BCUT2D eigenvalue weighted by Crippen LogP contribution is -2.38. The third kappa shape index (κ3) is 4.61. The van der Waals surface area contributed by atoms with Crippen LogP contribution in [-0.2, 0) is 27.3 Å². The molecule has 2 aliphatic rings. The Balaban J connectivity index is 1.57. The number of fused-ring (bicyclic) bond motifs is 1. The van der Waals surface area contributed by atoms with Crippen LogP contribution >= 0.6 is 0 Å². The van der Waals surface area contributed by atoms with E-state index in [2.05, 4.69) is 5.32 Å². The molecule has 2 aliphatic heterocycles. The summed E-state index contributed by atoms with van der Waals surface area (Å²) in [5, 5.41) is 2.53. The minimum atomic E-state index is -0.346. The number of amides is 3. The molecule has 168 valence electrons. The van der Waals surface area contributed by atoms with Crippen molar-refractivity contribution in [1.82, 2.24) is 20.2 Å². The maximum absolute atomic E-state index is 13.7. The van der Waals surface area contributed by atoms with Crippen LogP contribution in [-0.4, -0.2) is 52.2 Å². The number of rotatable bonds is 5. The van der Waals surface area contributed by atoms with E-state index in [9.17, 15) is 18.8 Å². The monoisotopic (exact) mass is 439 g/mol. The Labute approximate surface area is 185 Å². The van der Waals surface area contributed by atoms with Crippen LogP contribution in [0.2, 0.25) is 0 Å². The number of nitrogens with one attached hydrogen (secondary N) is 1. The second-order valence-electron chi connectivity index (χ2n) is 8.31. The van der Waals surface area contributed by atoms with Crippen molar-refractivity contribution in [3.63, 3.8) is 0 Å². The molecule has 4 rings (SSSR count). The predicted octanol–water partition coefficient (Wildman–Crippen LogP) is 1.86. The van der Waals surface area contributed by atoms with Crippen LogP contribution in [0.5, 0.6) is 0 Å². The first-order chi connectivity index (χ1) is 15.3. The van der Waals surface area contributed by atoms with Crippen molar-refractivity contribution >= 4 is 23.5 Å². The van der Waals surface area contributed by atoms with E-state index in [0.717, 1.165) is 11.3 Å². The van der Waals surface area contributed by atoms with Crippen LogP contribution in [0.15, 0.2) is 24.3 Å². The molecule has 1 fully saturated rings. The Kier molecular flexibility index (Phi) is 6.16. The van der Waals surface area contributed by atoms with E-state index in [-0.39, 0.29) is 42.5 Å². The molecular weight excluding hydrogens is 413 g/mol. The van der Waals surface area contributed by atoms with Crippen molar-refractivity contribution in [1.29, 1.82) is 0 Å². The molecule has 1 N–H and O–H groups in total. The summed E-state index contributed by atoms with van der Waals surface area (Å²) in [5.41, 5.74) is 2.45. The summed E-state index contributed by atoms with van der Waals surface area (Å²) in [4.78, 5) is 48.9. The van der Waals surface area contributed by atoms with Gasteiger partial charge in [0.05, 0.1) is 13.1 Å². The molecule has 1 atom stereocenters. The molecule has 0 radical (unpaired) electrons. The number of likely N-dealkylation sites (tertiary alicyclic amines) is 1. The van der Waals surface area contributed by atoms with Crippen LogP contribution in [0.4, 0.5) is 10.2 Å². The van der Waals surface area contributed by atoms with Crippen molar-refractivity contribution < 1.29 is 18.8 Å². The van der Waals surface area contributed by atoms with Gasteiger partial charge in [-0.15, -0.1) is 0 Å². The molecule has 1 aromatic heterocycles. The summed E-state index contributed by atoms with van der Waals surface area (Å²) in [6, 6.07) is 6.21. The molecule has 0 spiro atoms. The Bertz CT molecular complexity index is 1070. The zero-order valence-corrected chi connectivity index (χ0v) is 18.2. The molecule has 8 nitrogen and oxygen atoms in total. The van der Waals surface area contributed by atoms with Crippen molar-refractivity contribution in [2.24, 2.45) is 0 Å². The highest BCUT2D eigenvalue weighted by Crippen LogP contribution is 2.33. The van der Waals surface area contributed by atoms with E-state index in [4.69, 9.17) is 9.97 Å². The molecule has 32 heavy (non-hydrogen) atoms. The number of aryl methyl sites for hydroxylation is 1. The summed E-state index contributed by atoms with van der Waals surface area (Å²) in [7, 11) is 0. The number of hydrogen-bond donors (Lipinski definition) is 1. The van der Waals surface area contributed by atoms with Gasteiger partial charge in [0.25, 0.3) is 0 Å². The Hall–Kier alpha value is -3.36.